The molecule has 2 rings (SSSR count). The average molecular weight is 237 g/mol. The van der Waals surface area contributed by atoms with Crippen LogP contribution in [-0.4, -0.2) is 34.8 Å². The molecule has 0 aromatic heterocycles. The van der Waals surface area contributed by atoms with Crippen LogP contribution in [0.5, 0.6) is 0 Å². The van der Waals surface area contributed by atoms with E-state index in [4.69, 9.17) is 5.11 Å². The molecule has 1 aromatic rings. The first-order valence-electron chi connectivity index (χ1n) is 5.21. The molecule has 0 radical (unpaired) electrons. The summed E-state index contributed by atoms with van der Waals surface area (Å²) >= 11 is 1.69. The van der Waals surface area contributed by atoms with Gasteiger partial charge < -0.3 is 5.11 Å². The molecule has 1 heterocycles. The van der Waals surface area contributed by atoms with Crippen LogP contribution in [0, 0.1) is 0 Å². The zero-order valence-electron chi connectivity index (χ0n) is 9.38. The van der Waals surface area contributed by atoms with Crippen molar-refractivity contribution in [3.63, 3.8) is 0 Å². The summed E-state index contributed by atoms with van der Waals surface area (Å²) in [4.78, 5) is 12.8. The van der Waals surface area contributed by atoms with E-state index in [0.29, 0.717) is 5.75 Å². The molecular formula is C12H15NO2S. The number of aliphatic carboxylic acids is 1. The summed E-state index contributed by atoms with van der Waals surface area (Å²) in [5, 5.41) is 9.11. The molecule has 1 aliphatic heterocycles. The lowest BCUT2D eigenvalue weighted by Crippen LogP contribution is -2.43. The van der Waals surface area contributed by atoms with Gasteiger partial charge in [0.1, 0.15) is 6.04 Å². The van der Waals surface area contributed by atoms with Crippen LogP contribution >= 0.6 is 11.8 Å². The van der Waals surface area contributed by atoms with E-state index in [1.54, 1.807) is 11.8 Å². The van der Waals surface area contributed by atoms with Gasteiger partial charge in [0.2, 0.25) is 0 Å². The first-order valence-corrected chi connectivity index (χ1v) is 6.19. The van der Waals surface area contributed by atoms with E-state index >= 15 is 0 Å². The largest absolute Gasteiger partial charge is 0.480 e. The highest BCUT2D eigenvalue weighted by atomic mass is 32.2. The first-order chi connectivity index (χ1) is 7.55. The van der Waals surface area contributed by atoms with E-state index in [1.165, 1.54) is 0 Å². The Morgan fingerprint density at radius 3 is 2.62 bits per heavy atom. The van der Waals surface area contributed by atoms with Crippen molar-refractivity contribution in [3.05, 3.63) is 35.9 Å². The Bertz CT molecular complexity index is 395. The molecule has 0 amide bonds. The van der Waals surface area contributed by atoms with E-state index in [1.807, 2.05) is 42.3 Å². The second-order valence-corrected chi connectivity index (χ2v) is 5.54. The summed E-state index contributed by atoms with van der Waals surface area (Å²) < 4.78 is 0. The summed E-state index contributed by atoms with van der Waals surface area (Å²) in [7, 11) is 1.88. The Morgan fingerprint density at radius 1 is 1.50 bits per heavy atom. The maximum Gasteiger partial charge on any atom is 0.321 e. The van der Waals surface area contributed by atoms with Crippen LogP contribution in [0.3, 0.4) is 0 Å². The molecule has 0 spiro atoms. The predicted molar refractivity (Wildman–Crippen MR) is 65.4 cm³/mol. The third-order valence-electron chi connectivity index (χ3n) is 3.26. The van der Waals surface area contributed by atoms with Crippen LogP contribution in [0.25, 0.3) is 0 Å². The van der Waals surface area contributed by atoms with E-state index < -0.39 is 12.0 Å². The van der Waals surface area contributed by atoms with Gasteiger partial charge in [-0.3, -0.25) is 9.69 Å². The second-order valence-electron chi connectivity index (χ2n) is 4.12. The van der Waals surface area contributed by atoms with Crippen molar-refractivity contribution in [2.45, 2.75) is 17.8 Å². The minimum absolute atomic E-state index is 0.232. The molecule has 1 fully saturated rings. The Morgan fingerprint density at radius 2 is 2.12 bits per heavy atom. The minimum atomic E-state index is -0.741. The number of carbonyl (C=O) groups is 1. The van der Waals surface area contributed by atoms with Gasteiger partial charge >= 0.3 is 5.97 Å². The van der Waals surface area contributed by atoms with Gasteiger partial charge in [-0.25, -0.2) is 0 Å². The lowest BCUT2D eigenvalue weighted by atomic mass is 10.1. The molecule has 16 heavy (non-hydrogen) atoms. The molecule has 1 saturated heterocycles. The quantitative estimate of drug-likeness (QED) is 0.854. The molecule has 0 aliphatic carbocycles. The molecule has 4 heteroatoms. The molecular weight excluding hydrogens is 222 g/mol. The number of carboxylic acid groups (broad SMARTS) is 1. The Labute approximate surface area is 99.5 Å². The molecule has 1 N–H and O–H groups in total. The highest BCUT2D eigenvalue weighted by Gasteiger charge is 2.45. The smallest absolute Gasteiger partial charge is 0.321 e. The van der Waals surface area contributed by atoms with Gasteiger partial charge in [0, 0.05) is 5.75 Å². The number of thioether (sulfide) groups is 1. The summed E-state index contributed by atoms with van der Waals surface area (Å²) in [6.45, 7) is 2.08. The van der Waals surface area contributed by atoms with Gasteiger partial charge in [-0.15, -0.1) is 11.8 Å². The molecule has 0 saturated carbocycles. The summed E-state index contributed by atoms with van der Waals surface area (Å²) in [6, 6.07) is 9.66. The van der Waals surface area contributed by atoms with Crippen LogP contribution in [0.1, 0.15) is 12.5 Å². The standard InChI is InChI=1S/C12H15NO2S/c1-12(9-6-4-3-5-7-9)13(2)10(8-16-12)11(14)15/h3-7,10H,8H2,1-2H3,(H,14,15). The van der Waals surface area contributed by atoms with Crippen molar-refractivity contribution in [1.29, 1.82) is 0 Å². The number of hydrogen-bond donors (Lipinski definition) is 1. The number of hydrogen-bond acceptors (Lipinski definition) is 3. The fraction of sp³-hybridized carbons (Fsp3) is 0.417. The average Bonchev–Trinajstić information content (AvgIpc) is 2.58. The van der Waals surface area contributed by atoms with Gasteiger partial charge in [-0.2, -0.15) is 0 Å². The number of rotatable bonds is 2. The van der Waals surface area contributed by atoms with Gasteiger partial charge in [-0.05, 0) is 19.5 Å². The highest BCUT2D eigenvalue weighted by Crippen LogP contribution is 2.45. The monoisotopic (exact) mass is 237 g/mol. The van der Waals surface area contributed by atoms with Crippen molar-refractivity contribution in [2.75, 3.05) is 12.8 Å². The molecule has 86 valence electrons. The summed E-state index contributed by atoms with van der Waals surface area (Å²) in [6.07, 6.45) is 0. The van der Waals surface area contributed by atoms with E-state index in [-0.39, 0.29) is 4.87 Å². The van der Waals surface area contributed by atoms with E-state index in [2.05, 4.69) is 6.92 Å². The molecule has 1 aromatic carbocycles. The number of likely N-dealkylation sites (N-methyl/N-ethyl adjacent to an activating group) is 1. The lowest BCUT2D eigenvalue weighted by molar-refractivity contribution is -0.142. The van der Waals surface area contributed by atoms with Crippen LogP contribution in [-0.2, 0) is 9.67 Å². The van der Waals surface area contributed by atoms with Crippen molar-refractivity contribution in [3.8, 4) is 0 Å². The number of benzene rings is 1. The first kappa shape index (κ1) is 11.5. The maximum absolute atomic E-state index is 11.1. The lowest BCUT2D eigenvalue weighted by Gasteiger charge is -2.33. The van der Waals surface area contributed by atoms with Crippen molar-refractivity contribution in [1.82, 2.24) is 4.90 Å². The predicted octanol–water partition coefficient (Wildman–Crippen LogP) is 1.99. The Balaban J connectivity index is 2.31. The summed E-state index contributed by atoms with van der Waals surface area (Å²) in [5.41, 5.74) is 1.16. The maximum atomic E-state index is 11.1. The molecule has 2 atom stereocenters. The zero-order chi connectivity index (χ0) is 11.8. The van der Waals surface area contributed by atoms with Crippen molar-refractivity contribution < 1.29 is 9.90 Å². The molecule has 0 bridgehead atoms. The minimum Gasteiger partial charge on any atom is -0.480 e. The molecule has 3 nitrogen and oxygen atoms in total. The third kappa shape index (κ3) is 1.72. The third-order valence-corrected chi connectivity index (χ3v) is 4.83. The van der Waals surface area contributed by atoms with Gasteiger partial charge in [0.25, 0.3) is 0 Å². The van der Waals surface area contributed by atoms with Crippen molar-refractivity contribution >= 4 is 17.7 Å². The van der Waals surface area contributed by atoms with Gasteiger partial charge in [0.15, 0.2) is 0 Å². The topological polar surface area (TPSA) is 40.5 Å². The number of nitrogens with zero attached hydrogens (tertiary/aromatic N) is 1. The van der Waals surface area contributed by atoms with E-state index in [0.717, 1.165) is 5.56 Å². The fourth-order valence-corrected chi connectivity index (χ4v) is 3.51. The van der Waals surface area contributed by atoms with Gasteiger partial charge in [-0.1, -0.05) is 30.3 Å². The van der Waals surface area contributed by atoms with E-state index in [9.17, 15) is 4.79 Å². The normalized spacial score (nSPS) is 30.5. The zero-order valence-corrected chi connectivity index (χ0v) is 10.2. The van der Waals surface area contributed by atoms with Crippen LogP contribution in [0.15, 0.2) is 30.3 Å². The van der Waals surface area contributed by atoms with Gasteiger partial charge in [0.05, 0.1) is 4.87 Å². The van der Waals surface area contributed by atoms with Crippen LogP contribution < -0.4 is 0 Å². The Hall–Kier alpha value is -1.00. The van der Waals surface area contributed by atoms with Crippen molar-refractivity contribution in [2.24, 2.45) is 0 Å². The fourth-order valence-electron chi connectivity index (χ4n) is 2.02. The highest BCUT2D eigenvalue weighted by molar-refractivity contribution is 8.00. The SMILES string of the molecule is CN1C(C(=O)O)CSC1(C)c1ccccc1. The molecule has 1 aliphatic rings. The van der Waals surface area contributed by atoms with Crippen LogP contribution in [0.4, 0.5) is 0 Å². The van der Waals surface area contributed by atoms with Crippen LogP contribution in [0.2, 0.25) is 0 Å². The number of carboxylic acids is 1. The molecule has 2 unspecified atom stereocenters. The Kier molecular flexibility index (Phi) is 2.95. The second kappa shape index (κ2) is 4.11. The summed E-state index contributed by atoms with van der Waals surface area (Å²) in [5.74, 6) is -0.105.